The molecule has 2 rings (SSSR count). The Hall–Kier alpha value is -1.74. The normalized spacial score (nSPS) is 10.3. The number of nitrogens with zero attached hydrogens (tertiary/aromatic N) is 1. The highest BCUT2D eigenvalue weighted by molar-refractivity contribution is 6.32. The number of hydrogen-bond donors (Lipinski definition) is 1. The molecule has 1 aromatic carbocycles. The maximum Gasteiger partial charge on any atom is 0.221 e. The molecule has 0 atom stereocenters. The van der Waals surface area contributed by atoms with Gasteiger partial charge in [0, 0.05) is 17.6 Å². The predicted molar refractivity (Wildman–Crippen MR) is 79.4 cm³/mol. The third-order valence-electron chi connectivity index (χ3n) is 2.71. The standard InChI is InChI=1S/C15H17ClN2O/c1-4-17-13-6-5-7-14(18-13)19-12-8-10(2)15(16)11(3)9-12/h5-9H,4H2,1-3H3,(H,17,18). The van der Waals surface area contributed by atoms with E-state index in [0.717, 1.165) is 34.3 Å². The average Bonchev–Trinajstić information content (AvgIpc) is 2.37. The molecule has 2 aromatic rings. The van der Waals surface area contributed by atoms with Crippen LogP contribution in [0.15, 0.2) is 30.3 Å². The van der Waals surface area contributed by atoms with Crippen molar-refractivity contribution in [3.8, 4) is 11.6 Å². The number of halogens is 1. The van der Waals surface area contributed by atoms with Crippen molar-refractivity contribution in [1.29, 1.82) is 0 Å². The van der Waals surface area contributed by atoms with Crippen molar-refractivity contribution in [2.24, 2.45) is 0 Å². The number of aromatic nitrogens is 1. The van der Waals surface area contributed by atoms with Gasteiger partial charge in [0.1, 0.15) is 11.6 Å². The molecule has 1 aromatic heterocycles. The second-order valence-corrected chi connectivity index (χ2v) is 4.74. The summed E-state index contributed by atoms with van der Waals surface area (Å²) in [5.74, 6) is 2.13. The first-order chi connectivity index (χ1) is 9.10. The molecule has 0 saturated heterocycles. The van der Waals surface area contributed by atoms with Crippen LogP contribution in [-0.2, 0) is 0 Å². The minimum Gasteiger partial charge on any atom is -0.439 e. The summed E-state index contributed by atoms with van der Waals surface area (Å²) in [5, 5.41) is 3.93. The first-order valence-electron chi connectivity index (χ1n) is 6.25. The molecule has 4 heteroatoms. The molecule has 0 amide bonds. The molecule has 0 spiro atoms. The van der Waals surface area contributed by atoms with Crippen LogP contribution in [0.25, 0.3) is 0 Å². The van der Waals surface area contributed by atoms with Crippen LogP contribution in [0.5, 0.6) is 11.6 Å². The highest BCUT2D eigenvalue weighted by Crippen LogP contribution is 2.28. The second kappa shape index (κ2) is 5.93. The van der Waals surface area contributed by atoms with Crippen molar-refractivity contribution in [3.05, 3.63) is 46.5 Å². The summed E-state index contributed by atoms with van der Waals surface area (Å²) in [6.07, 6.45) is 0. The Morgan fingerprint density at radius 1 is 1.21 bits per heavy atom. The van der Waals surface area contributed by atoms with Gasteiger partial charge in [-0.05, 0) is 50.1 Å². The molecule has 100 valence electrons. The van der Waals surface area contributed by atoms with Crippen molar-refractivity contribution in [3.63, 3.8) is 0 Å². The van der Waals surface area contributed by atoms with E-state index in [-0.39, 0.29) is 0 Å². The summed E-state index contributed by atoms with van der Waals surface area (Å²) in [6, 6.07) is 9.48. The Bertz CT molecular complexity index is 561. The molecule has 19 heavy (non-hydrogen) atoms. The summed E-state index contributed by atoms with van der Waals surface area (Å²) in [6.45, 7) is 6.78. The molecule has 0 unspecified atom stereocenters. The molecule has 0 aliphatic heterocycles. The van der Waals surface area contributed by atoms with E-state index in [1.54, 1.807) is 0 Å². The molecular formula is C15H17ClN2O. The number of pyridine rings is 1. The molecule has 1 N–H and O–H groups in total. The third-order valence-corrected chi connectivity index (χ3v) is 3.31. The summed E-state index contributed by atoms with van der Waals surface area (Å²) in [7, 11) is 0. The number of ether oxygens (including phenoxy) is 1. The van der Waals surface area contributed by atoms with Crippen LogP contribution in [-0.4, -0.2) is 11.5 Å². The molecule has 0 radical (unpaired) electrons. The highest BCUT2D eigenvalue weighted by atomic mass is 35.5. The molecule has 0 aliphatic rings. The minimum absolute atomic E-state index is 0.569. The van der Waals surface area contributed by atoms with Crippen molar-refractivity contribution in [2.75, 3.05) is 11.9 Å². The third kappa shape index (κ3) is 3.38. The Morgan fingerprint density at radius 2 is 1.89 bits per heavy atom. The van der Waals surface area contributed by atoms with Crippen LogP contribution in [0.1, 0.15) is 18.1 Å². The number of aryl methyl sites for hydroxylation is 2. The molecule has 0 aliphatic carbocycles. The lowest BCUT2D eigenvalue weighted by atomic mass is 10.1. The SMILES string of the molecule is CCNc1cccc(Oc2cc(C)c(Cl)c(C)c2)n1. The fraction of sp³-hybridized carbons (Fsp3) is 0.267. The maximum atomic E-state index is 6.14. The fourth-order valence-corrected chi connectivity index (χ4v) is 1.95. The van der Waals surface area contributed by atoms with Gasteiger partial charge in [0.15, 0.2) is 0 Å². The van der Waals surface area contributed by atoms with Crippen molar-refractivity contribution in [2.45, 2.75) is 20.8 Å². The smallest absolute Gasteiger partial charge is 0.221 e. The molecule has 0 saturated carbocycles. The van der Waals surface area contributed by atoms with E-state index in [1.807, 2.05) is 51.1 Å². The fourth-order valence-electron chi connectivity index (χ4n) is 1.84. The largest absolute Gasteiger partial charge is 0.439 e. The molecule has 0 fully saturated rings. The number of hydrogen-bond acceptors (Lipinski definition) is 3. The number of nitrogens with one attached hydrogen (secondary N) is 1. The Balaban J connectivity index is 2.23. The Morgan fingerprint density at radius 3 is 2.53 bits per heavy atom. The van der Waals surface area contributed by atoms with Gasteiger partial charge in [-0.15, -0.1) is 0 Å². The maximum absolute atomic E-state index is 6.14. The molecule has 1 heterocycles. The molecular weight excluding hydrogens is 260 g/mol. The quantitative estimate of drug-likeness (QED) is 0.888. The first-order valence-corrected chi connectivity index (χ1v) is 6.63. The van der Waals surface area contributed by atoms with Crippen LogP contribution in [0.3, 0.4) is 0 Å². The van der Waals surface area contributed by atoms with E-state index < -0.39 is 0 Å². The minimum atomic E-state index is 0.569. The average molecular weight is 277 g/mol. The van der Waals surface area contributed by atoms with Crippen LogP contribution < -0.4 is 10.1 Å². The lowest BCUT2D eigenvalue weighted by molar-refractivity contribution is 0.463. The molecule has 0 bridgehead atoms. The second-order valence-electron chi connectivity index (χ2n) is 4.36. The summed E-state index contributed by atoms with van der Waals surface area (Å²) in [4.78, 5) is 4.37. The first kappa shape index (κ1) is 13.7. The van der Waals surface area contributed by atoms with E-state index in [9.17, 15) is 0 Å². The van der Waals surface area contributed by atoms with Gasteiger partial charge in [-0.2, -0.15) is 4.98 Å². The van der Waals surface area contributed by atoms with Crippen LogP contribution in [0.4, 0.5) is 5.82 Å². The van der Waals surface area contributed by atoms with Gasteiger partial charge in [0.2, 0.25) is 5.88 Å². The van der Waals surface area contributed by atoms with Gasteiger partial charge < -0.3 is 10.1 Å². The van der Waals surface area contributed by atoms with Crippen molar-refractivity contribution >= 4 is 17.4 Å². The molecule has 3 nitrogen and oxygen atoms in total. The number of benzene rings is 1. The zero-order valence-corrected chi connectivity index (χ0v) is 12.1. The van der Waals surface area contributed by atoms with Crippen molar-refractivity contribution < 1.29 is 4.74 Å². The van der Waals surface area contributed by atoms with Gasteiger partial charge >= 0.3 is 0 Å². The zero-order valence-electron chi connectivity index (χ0n) is 11.3. The van der Waals surface area contributed by atoms with Gasteiger partial charge in [-0.25, -0.2) is 0 Å². The van der Waals surface area contributed by atoms with Crippen LogP contribution in [0.2, 0.25) is 5.02 Å². The Kier molecular flexibility index (Phi) is 4.27. The van der Waals surface area contributed by atoms with E-state index >= 15 is 0 Å². The van der Waals surface area contributed by atoms with Crippen LogP contribution in [0, 0.1) is 13.8 Å². The van der Waals surface area contributed by atoms with Crippen molar-refractivity contribution in [1.82, 2.24) is 4.98 Å². The predicted octanol–water partition coefficient (Wildman–Crippen LogP) is 4.58. The van der Waals surface area contributed by atoms with Gasteiger partial charge in [0.05, 0.1) is 0 Å². The number of anilines is 1. The monoisotopic (exact) mass is 276 g/mol. The van der Waals surface area contributed by atoms with E-state index in [0.29, 0.717) is 5.88 Å². The van der Waals surface area contributed by atoms with Gasteiger partial charge in [-0.3, -0.25) is 0 Å². The van der Waals surface area contributed by atoms with Gasteiger partial charge in [-0.1, -0.05) is 17.7 Å². The lowest BCUT2D eigenvalue weighted by Gasteiger charge is -2.10. The van der Waals surface area contributed by atoms with Gasteiger partial charge in [0.25, 0.3) is 0 Å². The van der Waals surface area contributed by atoms with E-state index in [2.05, 4.69) is 10.3 Å². The summed E-state index contributed by atoms with van der Waals surface area (Å²) < 4.78 is 5.77. The zero-order chi connectivity index (χ0) is 13.8. The summed E-state index contributed by atoms with van der Waals surface area (Å²) >= 11 is 6.14. The van der Waals surface area contributed by atoms with E-state index in [4.69, 9.17) is 16.3 Å². The lowest BCUT2D eigenvalue weighted by Crippen LogP contribution is -1.99. The van der Waals surface area contributed by atoms with Crippen LogP contribution >= 0.6 is 11.6 Å². The van der Waals surface area contributed by atoms with E-state index in [1.165, 1.54) is 0 Å². The number of rotatable bonds is 4. The topological polar surface area (TPSA) is 34.1 Å². The highest BCUT2D eigenvalue weighted by Gasteiger charge is 2.05. The summed E-state index contributed by atoms with van der Waals surface area (Å²) in [5.41, 5.74) is 2.00. The Labute approximate surface area is 118 Å².